The molecule has 6 nitrogen and oxygen atoms in total. The molecule has 0 unspecified atom stereocenters. The van der Waals surface area contributed by atoms with Gasteiger partial charge < -0.3 is 0 Å². The van der Waals surface area contributed by atoms with Crippen molar-refractivity contribution in [2.45, 2.75) is 0 Å². The van der Waals surface area contributed by atoms with E-state index in [2.05, 4.69) is 4.72 Å². The molecule has 2 aromatic rings. The quantitative estimate of drug-likeness (QED) is 0.220. The highest BCUT2D eigenvalue weighted by molar-refractivity contribution is 7.92. The van der Waals surface area contributed by atoms with Crippen molar-refractivity contribution in [1.82, 2.24) is 5.43 Å². The monoisotopic (exact) mass is 421 g/mol. The molecule has 2 aromatic carbocycles. The maximum atomic E-state index is 13.5. The molecule has 0 spiro atoms. The molecule has 28 heavy (non-hydrogen) atoms. The van der Waals surface area contributed by atoms with Gasteiger partial charge in [-0.2, -0.15) is 0 Å². The zero-order valence-corrected chi connectivity index (χ0v) is 14.8. The average molecular weight is 421 g/mol. The van der Waals surface area contributed by atoms with Gasteiger partial charge in [0.15, 0.2) is 23.3 Å². The predicted octanol–water partition coefficient (Wildman–Crippen LogP) is 2.91. The number of carbonyl (C=O) groups excluding carboxylic acids is 1. The summed E-state index contributed by atoms with van der Waals surface area (Å²) in [6.45, 7) is 0. The lowest BCUT2D eigenvalue weighted by molar-refractivity contribution is -0.116. The molecule has 150 valence electrons. The molecule has 0 aromatic heterocycles. The van der Waals surface area contributed by atoms with E-state index >= 15 is 0 Å². The molecule has 0 bridgehead atoms. The summed E-state index contributed by atoms with van der Waals surface area (Å²) in [5, 5.41) is 0. The van der Waals surface area contributed by atoms with Gasteiger partial charge in [-0.1, -0.05) is 12.1 Å². The number of carbonyl (C=O) groups is 1. The summed E-state index contributed by atoms with van der Waals surface area (Å²) in [7, 11) is -3.44. The first-order chi connectivity index (χ1) is 13.0. The lowest BCUT2D eigenvalue weighted by Gasteiger charge is -2.10. The molecule has 2 rings (SSSR count). The minimum Gasteiger partial charge on any atom is -0.293 e. The molecular weight excluding hydrogens is 409 g/mol. The average Bonchev–Trinajstić information content (AvgIpc) is 2.63. The molecule has 0 atom stereocenters. The number of amides is 1. The Kier molecular flexibility index (Phi) is 6.23. The van der Waals surface area contributed by atoms with E-state index in [0.717, 1.165) is 12.3 Å². The Morgan fingerprint density at radius 3 is 1.89 bits per heavy atom. The number of nitrogens with one attached hydrogen (secondary N) is 3. The Bertz CT molecular complexity index is 1010. The molecule has 0 aliphatic heterocycles. The highest BCUT2D eigenvalue weighted by Crippen LogP contribution is 2.26. The van der Waals surface area contributed by atoms with Crippen LogP contribution in [0, 0.1) is 29.1 Å². The van der Waals surface area contributed by atoms with Crippen LogP contribution in [0.5, 0.6) is 0 Å². The molecule has 0 aliphatic rings. The summed E-state index contributed by atoms with van der Waals surface area (Å²) in [5.41, 5.74) is 2.75. The molecule has 0 heterocycles. The summed E-state index contributed by atoms with van der Waals surface area (Å²) >= 11 is 0. The van der Waals surface area contributed by atoms with E-state index in [9.17, 15) is 35.2 Å². The van der Waals surface area contributed by atoms with Crippen molar-refractivity contribution in [3.8, 4) is 0 Å². The van der Waals surface area contributed by atoms with E-state index in [-0.39, 0.29) is 5.69 Å². The molecule has 1 amide bonds. The van der Waals surface area contributed by atoms with Crippen LogP contribution in [-0.4, -0.2) is 20.6 Å². The smallest absolute Gasteiger partial charge is 0.262 e. The van der Waals surface area contributed by atoms with Gasteiger partial charge in [-0.3, -0.25) is 20.4 Å². The second-order valence-corrected chi connectivity index (χ2v) is 7.14. The number of anilines is 2. The first-order valence-corrected chi connectivity index (χ1v) is 9.22. The third-order valence-corrected chi connectivity index (χ3v) is 3.77. The third kappa shape index (κ3) is 5.19. The number of hydrogen-bond donors (Lipinski definition) is 3. The molecule has 0 radical (unpaired) electrons. The van der Waals surface area contributed by atoms with Crippen molar-refractivity contribution in [1.29, 1.82) is 0 Å². The lowest BCUT2D eigenvalue weighted by Crippen LogP contribution is -2.29. The number of rotatable bonds is 6. The van der Waals surface area contributed by atoms with E-state index in [1.807, 2.05) is 0 Å². The summed E-state index contributed by atoms with van der Waals surface area (Å²) in [6.07, 6.45) is 3.15. The maximum absolute atomic E-state index is 13.5. The molecule has 0 saturated heterocycles. The van der Waals surface area contributed by atoms with E-state index in [1.165, 1.54) is 30.3 Å². The van der Waals surface area contributed by atoms with E-state index in [1.54, 1.807) is 10.9 Å². The Balaban J connectivity index is 2.03. The zero-order valence-electron chi connectivity index (χ0n) is 14.0. The minimum atomic E-state index is -3.44. The van der Waals surface area contributed by atoms with E-state index < -0.39 is 50.7 Å². The lowest BCUT2D eigenvalue weighted by atomic mass is 10.2. The topological polar surface area (TPSA) is 87.3 Å². The van der Waals surface area contributed by atoms with Crippen LogP contribution in [0.25, 0.3) is 6.08 Å². The Morgan fingerprint density at radius 1 is 0.893 bits per heavy atom. The molecule has 0 saturated carbocycles. The van der Waals surface area contributed by atoms with Gasteiger partial charge in [-0.05, 0) is 23.8 Å². The van der Waals surface area contributed by atoms with Gasteiger partial charge in [0.05, 0.1) is 6.26 Å². The largest absolute Gasteiger partial charge is 0.293 e. The van der Waals surface area contributed by atoms with Crippen LogP contribution in [0.4, 0.5) is 33.3 Å². The van der Waals surface area contributed by atoms with Gasteiger partial charge in [-0.25, -0.2) is 30.4 Å². The second kappa shape index (κ2) is 8.25. The first kappa shape index (κ1) is 21.2. The fourth-order valence-corrected chi connectivity index (χ4v) is 2.49. The normalized spacial score (nSPS) is 11.5. The maximum Gasteiger partial charge on any atom is 0.262 e. The molecule has 3 N–H and O–H groups in total. The van der Waals surface area contributed by atoms with Crippen LogP contribution in [0.15, 0.2) is 30.3 Å². The van der Waals surface area contributed by atoms with Gasteiger partial charge in [0.1, 0.15) is 5.69 Å². The van der Waals surface area contributed by atoms with Crippen molar-refractivity contribution in [2.75, 3.05) is 16.4 Å². The fourth-order valence-electron chi connectivity index (χ4n) is 1.93. The van der Waals surface area contributed by atoms with Gasteiger partial charge in [0.25, 0.3) is 5.91 Å². The summed E-state index contributed by atoms with van der Waals surface area (Å²) < 4.78 is 90.4. The van der Waals surface area contributed by atoms with Crippen molar-refractivity contribution in [3.63, 3.8) is 0 Å². The van der Waals surface area contributed by atoms with Gasteiger partial charge in [0.2, 0.25) is 15.8 Å². The summed E-state index contributed by atoms with van der Waals surface area (Å²) in [5.74, 6) is -11.9. The highest BCUT2D eigenvalue weighted by Gasteiger charge is 2.25. The Morgan fingerprint density at radius 2 is 1.39 bits per heavy atom. The van der Waals surface area contributed by atoms with Crippen LogP contribution >= 0.6 is 0 Å². The highest BCUT2D eigenvalue weighted by atomic mass is 32.2. The summed E-state index contributed by atoms with van der Waals surface area (Å²) in [4.78, 5) is 11.6. The number of benzene rings is 2. The van der Waals surface area contributed by atoms with Crippen LogP contribution in [0.3, 0.4) is 0 Å². The van der Waals surface area contributed by atoms with Gasteiger partial charge >= 0.3 is 0 Å². The standard InChI is InChI=1S/C16H12F5N3O3S/c1-28(26,27)24-9-5-2-8(3-6-9)4-7-10(25)22-23-16-14(20)12(18)11(17)13(19)15(16)21/h2-7,23-24H,1H3,(H,22,25)/b7-4+. The van der Waals surface area contributed by atoms with E-state index in [0.29, 0.717) is 5.56 Å². The second-order valence-electron chi connectivity index (χ2n) is 5.39. The van der Waals surface area contributed by atoms with E-state index in [4.69, 9.17) is 0 Å². The SMILES string of the molecule is CS(=O)(=O)Nc1ccc(/C=C/C(=O)NNc2c(F)c(F)c(F)c(F)c2F)cc1. The molecule has 0 aliphatic carbocycles. The fraction of sp³-hybridized carbons (Fsp3) is 0.0625. The third-order valence-electron chi connectivity index (χ3n) is 3.16. The Labute approximate surface area is 156 Å². The van der Waals surface area contributed by atoms with Crippen molar-refractivity contribution in [2.24, 2.45) is 0 Å². The number of halogens is 5. The van der Waals surface area contributed by atoms with Crippen LogP contribution in [-0.2, 0) is 14.8 Å². The van der Waals surface area contributed by atoms with Gasteiger partial charge in [0, 0.05) is 11.8 Å². The van der Waals surface area contributed by atoms with Crippen LogP contribution < -0.4 is 15.6 Å². The molecule has 0 fully saturated rings. The minimum absolute atomic E-state index is 0.289. The van der Waals surface area contributed by atoms with Crippen molar-refractivity contribution < 1.29 is 35.2 Å². The number of hydrazine groups is 1. The zero-order chi connectivity index (χ0) is 21.1. The first-order valence-electron chi connectivity index (χ1n) is 7.33. The van der Waals surface area contributed by atoms with Crippen LogP contribution in [0.1, 0.15) is 5.56 Å². The Hall–Kier alpha value is -3.15. The number of hydrogen-bond acceptors (Lipinski definition) is 4. The predicted molar refractivity (Wildman–Crippen MR) is 91.9 cm³/mol. The van der Waals surface area contributed by atoms with Crippen LogP contribution in [0.2, 0.25) is 0 Å². The van der Waals surface area contributed by atoms with Crippen molar-refractivity contribution in [3.05, 3.63) is 65.0 Å². The summed E-state index contributed by atoms with van der Waals surface area (Å²) in [6, 6.07) is 5.78. The molecular formula is C16H12F5N3O3S. The number of sulfonamides is 1. The van der Waals surface area contributed by atoms with Gasteiger partial charge in [-0.15, -0.1) is 0 Å². The van der Waals surface area contributed by atoms with Crippen molar-refractivity contribution >= 4 is 33.4 Å². The molecule has 12 heteroatoms.